The monoisotopic (exact) mass is 358 g/mol. The Morgan fingerprint density at radius 1 is 0.609 bits per heavy atom. The fraction of sp³-hybridized carbons (Fsp3) is 0.143. The number of benzene rings is 2. The maximum Gasteiger partial charge on any atom is 0.416 e. The molecule has 0 aliphatic heterocycles. The highest BCUT2D eigenvalue weighted by atomic mass is 32.2. The molecule has 124 valence electrons. The Kier molecular flexibility index (Phi) is 4.61. The van der Waals surface area contributed by atoms with Crippen LogP contribution in [-0.4, -0.2) is 0 Å². The van der Waals surface area contributed by atoms with E-state index in [-0.39, 0.29) is 21.9 Å². The Morgan fingerprint density at radius 3 is 1.22 bits per heavy atom. The van der Waals surface area contributed by atoms with Crippen molar-refractivity contribution in [3.05, 3.63) is 59.2 Å². The summed E-state index contributed by atoms with van der Waals surface area (Å²) in [6.45, 7) is 0. The molecule has 2 aromatic rings. The van der Waals surface area contributed by atoms with Crippen LogP contribution < -0.4 is 0 Å². The van der Waals surface area contributed by atoms with E-state index in [1.54, 1.807) is 0 Å². The Morgan fingerprint density at radius 2 is 0.957 bits per heavy atom. The summed E-state index contributed by atoms with van der Waals surface area (Å²) in [6, 6.07) is 3.27. The molecule has 0 spiro atoms. The first kappa shape index (κ1) is 17.6. The van der Waals surface area contributed by atoms with Crippen LogP contribution in [0.25, 0.3) is 0 Å². The smallest absolute Gasteiger partial charge is 0.206 e. The van der Waals surface area contributed by atoms with E-state index in [9.17, 15) is 35.1 Å². The van der Waals surface area contributed by atoms with Crippen LogP contribution in [0.15, 0.2) is 46.2 Å². The van der Waals surface area contributed by atoms with Crippen molar-refractivity contribution in [2.45, 2.75) is 22.1 Å². The van der Waals surface area contributed by atoms with E-state index in [1.807, 2.05) is 0 Å². The van der Waals surface area contributed by atoms with Gasteiger partial charge in [0.1, 0.15) is 11.6 Å². The standard InChI is InChI=1S/C14H6F8S/c15-9-5-7(13(17,18)19)1-3-11(9)23-12-4-2-8(6-10(12)16)14(20,21)22/h1-6H. The van der Waals surface area contributed by atoms with E-state index >= 15 is 0 Å². The van der Waals surface area contributed by atoms with Crippen molar-refractivity contribution in [3.63, 3.8) is 0 Å². The number of hydrogen-bond donors (Lipinski definition) is 0. The molecule has 0 saturated heterocycles. The minimum absolute atomic E-state index is 0.240. The summed E-state index contributed by atoms with van der Waals surface area (Å²) < 4.78 is 102. The van der Waals surface area contributed by atoms with Gasteiger partial charge in [-0.05, 0) is 36.4 Å². The molecule has 0 nitrogen and oxygen atoms in total. The fourth-order valence-electron chi connectivity index (χ4n) is 1.64. The van der Waals surface area contributed by atoms with Gasteiger partial charge in [-0.15, -0.1) is 0 Å². The summed E-state index contributed by atoms with van der Waals surface area (Å²) in [5, 5.41) is 0. The van der Waals surface area contributed by atoms with Gasteiger partial charge in [0, 0.05) is 9.79 Å². The van der Waals surface area contributed by atoms with Crippen LogP contribution in [-0.2, 0) is 12.4 Å². The number of hydrogen-bond acceptors (Lipinski definition) is 1. The summed E-state index contributed by atoms with van der Waals surface area (Å²) in [5.41, 5.74) is -2.43. The van der Waals surface area contributed by atoms with Crippen LogP contribution in [0.2, 0.25) is 0 Å². The maximum atomic E-state index is 13.6. The van der Waals surface area contributed by atoms with Crippen LogP contribution in [0.1, 0.15) is 11.1 Å². The van der Waals surface area contributed by atoms with Gasteiger partial charge in [-0.1, -0.05) is 11.8 Å². The molecule has 0 atom stereocenters. The predicted molar refractivity (Wildman–Crippen MR) is 66.9 cm³/mol. The number of alkyl halides is 6. The first-order valence-corrected chi connectivity index (χ1v) is 6.71. The number of rotatable bonds is 2. The van der Waals surface area contributed by atoms with E-state index in [4.69, 9.17) is 0 Å². The lowest BCUT2D eigenvalue weighted by Crippen LogP contribution is -2.06. The third-order valence-corrected chi connectivity index (χ3v) is 3.84. The van der Waals surface area contributed by atoms with Gasteiger partial charge in [0.2, 0.25) is 0 Å². The van der Waals surface area contributed by atoms with Crippen LogP contribution in [0.5, 0.6) is 0 Å². The van der Waals surface area contributed by atoms with Gasteiger partial charge in [-0.25, -0.2) is 8.78 Å². The predicted octanol–water partition coefficient (Wildman–Crippen LogP) is 6.15. The first-order valence-electron chi connectivity index (χ1n) is 5.90. The van der Waals surface area contributed by atoms with Crippen molar-refractivity contribution in [2.24, 2.45) is 0 Å². The molecule has 0 radical (unpaired) electrons. The van der Waals surface area contributed by atoms with E-state index in [2.05, 4.69) is 0 Å². The molecular formula is C14H6F8S. The Balaban J connectivity index is 2.30. The molecule has 9 heteroatoms. The molecular weight excluding hydrogens is 352 g/mol. The van der Waals surface area contributed by atoms with Crippen LogP contribution in [0.4, 0.5) is 35.1 Å². The van der Waals surface area contributed by atoms with Crippen LogP contribution >= 0.6 is 11.8 Å². The lowest BCUT2D eigenvalue weighted by molar-refractivity contribution is -0.138. The first-order chi connectivity index (χ1) is 10.5. The summed E-state index contributed by atoms with van der Waals surface area (Å²) in [6.07, 6.45) is -9.46. The summed E-state index contributed by atoms with van der Waals surface area (Å²) in [7, 11) is 0. The average Bonchev–Trinajstić information content (AvgIpc) is 2.40. The topological polar surface area (TPSA) is 0 Å². The van der Waals surface area contributed by atoms with Gasteiger partial charge in [-0.3, -0.25) is 0 Å². The molecule has 0 saturated carbocycles. The Labute approximate surface area is 129 Å². The van der Waals surface area contributed by atoms with E-state index in [0.29, 0.717) is 23.9 Å². The summed E-state index contributed by atoms with van der Waals surface area (Å²) in [5.74, 6) is -2.49. The molecule has 0 fully saturated rings. The Hall–Kier alpha value is -1.77. The molecule has 0 N–H and O–H groups in total. The molecule has 0 aliphatic rings. The molecule has 0 unspecified atom stereocenters. The quantitative estimate of drug-likeness (QED) is 0.580. The largest absolute Gasteiger partial charge is 0.416 e. The zero-order valence-electron chi connectivity index (χ0n) is 10.9. The molecule has 0 aromatic heterocycles. The van der Waals surface area contributed by atoms with Crippen molar-refractivity contribution in [2.75, 3.05) is 0 Å². The lowest BCUT2D eigenvalue weighted by Gasteiger charge is -2.11. The van der Waals surface area contributed by atoms with Crippen molar-refractivity contribution in [1.82, 2.24) is 0 Å². The SMILES string of the molecule is Fc1cc(C(F)(F)F)ccc1Sc1ccc(C(F)(F)F)cc1F. The fourth-order valence-corrected chi connectivity index (χ4v) is 2.46. The van der Waals surface area contributed by atoms with Crippen molar-refractivity contribution < 1.29 is 35.1 Å². The molecule has 2 rings (SSSR count). The Bertz CT molecular complexity index is 656. The van der Waals surface area contributed by atoms with Gasteiger partial charge >= 0.3 is 12.4 Å². The van der Waals surface area contributed by atoms with Crippen molar-refractivity contribution >= 4 is 11.8 Å². The summed E-state index contributed by atoms with van der Waals surface area (Å²) in [4.78, 5) is -0.673. The van der Waals surface area contributed by atoms with E-state index in [0.717, 1.165) is 12.1 Å². The lowest BCUT2D eigenvalue weighted by atomic mass is 10.2. The van der Waals surface area contributed by atoms with Gasteiger partial charge < -0.3 is 0 Å². The zero-order chi connectivity index (χ0) is 17.4. The van der Waals surface area contributed by atoms with Gasteiger partial charge in [0.15, 0.2) is 0 Å². The minimum Gasteiger partial charge on any atom is -0.206 e. The molecule has 0 heterocycles. The average molecular weight is 358 g/mol. The molecule has 0 aliphatic carbocycles. The van der Waals surface area contributed by atoms with Crippen LogP contribution in [0.3, 0.4) is 0 Å². The van der Waals surface area contributed by atoms with Gasteiger partial charge in [0.25, 0.3) is 0 Å². The van der Waals surface area contributed by atoms with Gasteiger partial charge in [-0.2, -0.15) is 26.3 Å². The van der Waals surface area contributed by atoms with E-state index in [1.165, 1.54) is 0 Å². The molecule has 0 bridgehead atoms. The zero-order valence-corrected chi connectivity index (χ0v) is 11.7. The molecule has 23 heavy (non-hydrogen) atoms. The van der Waals surface area contributed by atoms with Crippen molar-refractivity contribution in [3.8, 4) is 0 Å². The highest BCUT2D eigenvalue weighted by Gasteiger charge is 2.32. The second-order valence-electron chi connectivity index (χ2n) is 4.39. The van der Waals surface area contributed by atoms with Crippen LogP contribution in [0, 0.1) is 11.6 Å². The molecule has 2 aromatic carbocycles. The van der Waals surface area contributed by atoms with Crippen molar-refractivity contribution in [1.29, 1.82) is 0 Å². The summed E-state index contributed by atoms with van der Waals surface area (Å²) >= 11 is 0.395. The number of halogens is 8. The van der Waals surface area contributed by atoms with E-state index < -0.39 is 35.1 Å². The molecule has 0 amide bonds. The third-order valence-electron chi connectivity index (χ3n) is 2.74. The van der Waals surface area contributed by atoms with Gasteiger partial charge in [0.05, 0.1) is 11.1 Å². The highest BCUT2D eigenvalue weighted by molar-refractivity contribution is 7.99. The maximum absolute atomic E-state index is 13.6. The third kappa shape index (κ3) is 4.15. The second-order valence-corrected chi connectivity index (χ2v) is 5.47. The minimum atomic E-state index is -4.73. The second kappa shape index (κ2) is 6.03. The highest BCUT2D eigenvalue weighted by Crippen LogP contribution is 2.37. The normalized spacial score (nSPS) is 12.5.